The predicted molar refractivity (Wildman–Crippen MR) is 180 cm³/mol. The standard InChI is InChI=1S/C34H47IO10S/c1-7-9-10-11-12-13-14-15-21(37)43-26-27(46-35)32(41)20-16-19(4)24(38)33(20,42)29(40)31(17-36)25(44-31)22(32)23-30(5,6)34(23,26)45-28(39)18(3)8-2/h12-16,18,20,22-23,25-27,29,36,40-42H,7-11,17H2,1-6H3/b13-12+,15-14+. The number of Topliss-reactive ketones (excluding diaryl/α,β-unsaturated/α-hetero) is 1. The van der Waals surface area contributed by atoms with E-state index in [2.05, 4.69) is 6.92 Å². The van der Waals surface area contributed by atoms with Gasteiger partial charge >= 0.3 is 11.9 Å². The Kier molecular flexibility index (Phi) is 9.82. The SMILES string of the molecule is CCCCC/C=C/C=C/C(=O)OC1C(SI)C2(O)C(C3OC3(CO)C(O)C3(O)C(=O)C(C)=CC32)C2C(C)(C)C12OC(=O)C(C)CC. The highest BCUT2D eigenvalue weighted by atomic mass is 127. The number of carbonyl (C=O) groups excluding carboxylic acids is 3. The Hall–Kier alpha value is -1.29. The third-order valence-electron chi connectivity index (χ3n) is 11.6. The van der Waals surface area contributed by atoms with E-state index in [1.165, 1.54) is 19.1 Å². The summed E-state index contributed by atoms with van der Waals surface area (Å²) in [5, 5.41) is 46.4. The van der Waals surface area contributed by atoms with E-state index in [0.29, 0.717) is 6.42 Å². The highest BCUT2D eigenvalue weighted by molar-refractivity contribution is 14.2. The van der Waals surface area contributed by atoms with Crippen LogP contribution in [0.25, 0.3) is 0 Å². The number of unbranched alkanes of at least 4 members (excludes halogenated alkanes) is 3. The molecule has 4 fully saturated rings. The largest absolute Gasteiger partial charge is 0.454 e. The summed E-state index contributed by atoms with van der Waals surface area (Å²) in [6.45, 7) is 10.3. The summed E-state index contributed by atoms with van der Waals surface area (Å²) in [6.07, 6.45) is 8.71. The minimum atomic E-state index is -2.51. The molecule has 0 spiro atoms. The molecular weight excluding hydrogens is 727 g/mol. The van der Waals surface area contributed by atoms with Crippen molar-refractivity contribution in [3.63, 3.8) is 0 Å². The van der Waals surface area contributed by atoms with Gasteiger partial charge < -0.3 is 34.6 Å². The zero-order valence-electron chi connectivity index (χ0n) is 27.3. The Bertz CT molecular complexity index is 1350. The number of esters is 2. The lowest BCUT2D eigenvalue weighted by molar-refractivity contribution is -0.219. The van der Waals surface area contributed by atoms with E-state index in [-0.39, 0.29) is 5.57 Å². The Morgan fingerprint density at radius 1 is 1.20 bits per heavy atom. The van der Waals surface area contributed by atoms with E-state index in [1.807, 2.05) is 48.1 Å². The number of halogens is 1. The Morgan fingerprint density at radius 2 is 1.89 bits per heavy atom. The summed E-state index contributed by atoms with van der Waals surface area (Å²) in [6, 6.07) is 0. The Labute approximate surface area is 287 Å². The maximum atomic E-state index is 13.6. The minimum absolute atomic E-state index is 0.153. The lowest BCUT2D eigenvalue weighted by atomic mass is 9.62. The van der Waals surface area contributed by atoms with E-state index in [0.717, 1.165) is 34.6 Å². The molecule has 12 unspecified atom stereocenters. The van der Waals surface area contributed by atoms with Crippen molar-refractivity contribution in [1.29, 1.82) is 0 Å². The molecule has 1 aliphatic heterocycles. The van der Waals surface area contributed by atoms with Crippen molar-refractivity contribution in [2.24, 2.45) is 29.1 Å². The summed E-state index contributed by atoms with van der Waals surface area (Å²) >= 11 is 2.00. The second-order valence-corrected chi connectivity index (χ2v) is 16.5. The molecule has 0 radical (unpaired) electrons. The Balaban J connectivity index is 1.63. The first-order chi connectivity index (χ1) is 21.6. The van der Waals surface area contributed by atoms with Crippen molar-refractivity contribution in [2.75, 3.05) is 6.61 Å². The normalized spacial score (nSPS) is 44.0. The van der Waals surface area contributed by atoms with Crippen LogP contribution in [0.4, 0.5) is 0 Å². The molecule has 0 bridgehead atoms. The van der Waals surface area contributed by atoms with Crippen LogP contribution >= 0.6 is 30.1 Å². The van der Waals surface area contributed by atoms with Crippen LogP contribution in [0.2, 0.25) is 0 Å². The molecule has 3 saturated carbocycles. The predicted octanol–water partition coefficient (Wildman–Crippen LogP) is 3.77. The first-order valence-electron chi connectivity index (χ1n) is 16.3. The number of allylic oxidation sites excluding steroid dienone is 3. The first kappa shape index (κ1) is 36.0. The van der Waals surface area contributed by atoms with Gasteiger partial charge in [0.05, 0.1) is 29.5 Å². The number of hydrogen-bond acceptors (Lipinski definition) is 11. The molecule has 5 rings (SSSR count). The van der Waals surface area contributed by atoms with E-state index in [4.69, 9.17) is 14.2 Å². The van der Waals surface area contributed by atoms with Crippen LogP contribution < -0.4 is 0 Å². The van der Waals surface area contributed by atoms with Gasteiger partial charge in [-0.25, -0.2) is 4.79 Å². The number of ketones is 1. The van der Waals surface area contributed by atoms with Crippen molar-refractivity contribution in [2.45, 2.75) is 120 Å². The molecule has 4 N–H and O–H groups in total. The lowest BCUT2D eigenvalue weighted by Crippen LogP contribution is -2.70. The van der Waals surface area contributed by atoms with E-state index in [9.17, 15) is 34.8 Å². The zero-order chi connectivity index (χ0) is 34.0. The molecule has 0 aromatic rings. The quantitative estimate of drug-likeness (QED) is 0.0571. The molecule has 1 heterocycles. The number of aliphatic hydroxyl groups is 4. The van der Waals surface area contributed by atoms with Gasteiger partial charge in [0.1, 0.15) is 11.7 Å². The topological polar surface area (TPSA) is 163 Å². The van der Waals surface area contributed by atoms with Gasteiger partial charge in [-0.1, -0.05) is 80.7 Å². The third-order valence-corrected chi connectivity index (χ3v) is 14.1. The smallest absolute Gasteiger partial charge is 0.331 e. The van der Waals surface area contributed by atoms with E-state index < -0.39 is 99.4 Å². The average Bonchev–Trinajstić information content (AvgIpc) is 3.85. The summed E-state index contributed by atoms with van der Waals surface area (Å²) < 4.78 is 18.7. The monoisotopic (exact) mass is 774 g/mol. The van der Waals surface area contributed by atoms with Crippen LogP contribution in [-0.4, -0.2) is 90.7 Å². The van der Waals surface area contributed by atoms with Gasteiger partial charge in [-0.2, -0.15) is 0 Å². The van der Waals surface area contributed by atoms with Crippen LogP contribution in [0, 0.1) is 29.1 Å². The number of carbonyl (C=O) groups is 3. The van der Waals surface area contributed by atoms with Gasteiger partial charge in [-0.15, -0.1) is 0 Å². The fourth-order valence-electron chi connectivity index (χ4n) is 8.80. The fraction of sp³-hybridized carbons (Fsp3) is 0.735. The van der Waals surface area contributed by atoms with Gasteiger partial charge in [0, 0.05) is 29.2 Å². The number of rotatable bonds is 12. The fourth-order valence-corrected chi connectivity index (χ4v) is 11.6. The lowest BCUT2D eigenvalue weighted by Gasteiger charge is -2.53. The number of hydrogen-bond donors (Lipinski definition) is 4. The van der Waals surface area contributed by atoms with Gasteiger partial charge in [0.15, 0.2) is 23.1 Å². The summed E-state index contributed by atoms with van der Waals surface area (Å²) in [5.74, 6) is -5.35. The molecule has 0 aromatic carbocycles. The number of epoxide rings is 1. The molecule has 12 heteroatoms. The van der Waals surface area contributed by atoms with E-state index >= 15 is 0 Å². The molecule has 1 saturated heterocycles. The van der Waals surface area contributed by atoms with Crippen molar-refractivity contribution < 1.29 is 49.0 Å². The van der Waals surface area contributed by atoms with Crippen molar-refractivity contribution >= 4 is 47.9 Å². The van der Waals surface area contributed by atoms with Crippen LogP contribution in [0.15, 0.2) is 36.0 Å². The van der Waals surface area contributed by atoms with Crippen molar-refractivity contribution in [1.82, 2.24) is 0 Å². The highest BCUT2D eigenvalue weighted by Gasteiger charge is 2.94. The molecule has 0 amide bonds. The van der Waals surface area contributed by atoms with Crippen LogP contribution in [-0.2, 0) is 28.6 Å². The molecule has 0 aromatic heterocycles. The van der Waals surface area contributed by atoms with E-state index in [1.54, 1.807) is 19.1 Å². The van der Waals surface area contributed by atoms with Crippen LogP contribution in [0.3, 0.4) is 0 Å². The van der Waals surface area contributed by atoms with Gasteiger partial charge in [0.2, 0.25) is 0 Å². The van der Waals surface area contributed by atoms with Gasteiger partial charge in [0.25, 0.3) is 0 Å². The summed E-state index contributed by atoms with van der Waals surface area (Å²) in [7, 11) is 1.14. The third kappa shape index (κ3) is 4.86. The maximum absolute atomic E-state index is 13.6. The number of fused-ring (bicyclic) bond motifs is 7. The van der Waals surface area contributed by atoms with Crippen molar-refractivity contribution in [3.05, 3.63) is 36.0 Å². The first-order valence-corrected chi connectivity index (χ1v) is 19.7. The molecule has 256 valence electrons. The second kappa shape index (κ2) is 12.5. The van der Waals surface area contributed by atoms with Crippen LogP contribution in [0.5, 0.6) is 0 Å². The van der Waals surface area contributed by atoms with Crippen LogP contribution in [0.1, 0.15) is 73.6 Å². The molecule has 4 aliphatic carbocycles. The number of aliphatic hydroxyl groups excluding tert-OH is 2. The molecule has 12 atom stereocenters. The second-order valence-electron chi connectivity index (χ2n) is 14.3. The molecular formula is C34H47IO10S. The highest BCUT2D eigenvalue weighted by Crippen LogP contribution is 2.80. The van der Waals surface area contributed by atoms with Gasteiger partial charge in [-0.05, 0) is 53.0 Å². The maximum Gasteiger partial charge on any atom is 0.331 e. The molecule has 5 aliphatic rings. The zero-order valence-corrected chi connectivity index (χ0v) is 30.2. The molecule has 46 heavy (non-hydrogen) atoms. The van der Waals surface area contributed by atoms with Gasteiger partial charge in [-0.3, -0.25) is 9.59 Å². The summed E-state index contributed by atoms with van der Waals surface area (Å²) in [5.41, 5.74) is -8.39. The van der Waals surface area contributed by atoms with Crippen molar-refractivity contribution in [3.8, 4) is 0 Å². The molecule has 10 nitrogen and oxygen atoms in total. The minimum Gasteiger partial charge on any atom is -0.454 e. The summed E-state index contributed by atoms with van der Waals surface area (Å²) in [4.78, 5) is 40.6. The average molecular weight is 775 g/mol. The Morgan fingerprint density at radius 3 is 2.50 bits per heavy atom. The number of ether oxygens (including phenoxy) is 3.